The number of hydrogen-bond acceptors (Lipinski definition) is 3. The first-order chi connectivity index (χ1) is 10.2. The molecule has 0 atom stereocenters. The Morgan fingerprint density at radius 1 is 1.19 bits per heavy atom. The maximum atomic E-state index is 13.1. The monoisotopic (exact) mass is 284 g/mol. The van der Waals surface area contributed by atoms with Crippen LogP contribution in [0, 0.1) is 5.82 Å². The summed E-state index contributed by atoms with van der Waals surface area (Å²) in [6.07, 6.45) is 2.00. The summed E-state index contributed by atoms with van der Waals surface area (Å²) in [5, 5.41) is 3.17. The lowest BCUT2D eigenvalue weighted by Crippen LogP contribution is -2.15. The Labute approximate surface area is 122 Å². The van der Waals surface area contributed by atoms with Crippen LogP contribution in [-0.2, 0) is 6.54 Å². The first-order valence-corrected chi connectivity index (χ1v) is 6.80. The minimum absolute atomic E-state index is 0.238. The normalized spacial score (nSPS) is 11.0. The lowest BCUT2D eigenvalue weighted by Gasteiger charge is -2.18. The number of halogens is 1. The van der Waals surface area contributed by atoms with E-state index in [1.54, 1.807) is 12.1 Å². The number of hydrogen-bond donors (Lipinski definition) is 1. The molecule has 3 aromatic rings. The van der Waals surface area contributed by atoms with Crippen molar-refractivity contribution in [2.24, 2.45) is 0 Å². The van der Waals surface area contributed by atoms with E-state index in [2.05, 4.69) is 14.7 Å². The highest BCUT2D eigenvalue weighted by atomic mass is 19.1. The maximum absolute atomic E-state index is 13.1. The van der Waals surface area contributed by atoms with Gasteiger partial charge < -0.3 is 14.6 Å². The van der Waals surface area contributed by atoms with E-state index in [-0.39, 0.29) is 5.82 Å². The van der Waals surface area contributed by atoms with E-state index in [1.807, 2.05) is 43.4 Å². The summed E-state index contributed by atoms with van der Waals surface area (Å²) >= 11 is 0. The Kier molecular flexibility index (Phi) is 3.58. The lowest BCUT2D eigenvalue weighted by molar-refractivity contribution is 0.628. The van der Waals surface area contributed by atoms with E-state index in [9.17, 15) is 4.39 Å². The zero-order valence-corrected chi connectivity index (χ0v) is 12.0. The number of aromatic nitrogens is 2. The molecule has 1 N–H and O–H groups in total. The molecule has 0 aliphatic heterocycles. The number of pyridine rings is 1. The van der Waals surface area contributed by atoms with Gasteiger partial charge in [-0.3, -0.25) is 0 Å². The molecule has 0 fully saturated rings. The standard InChI is InChI=1S/C16H17FN4/c1-18-11-14-16(19-15-5-3-4-10-21(14)15)20(2)13-8-6-12(17)7-9-13/h3-10,18H,11H2,1-2H3. The molecule has 1 aromatic carbocycles. The number of rotatable bonds is 4. The fourth-order valence-electron chi connectivity index (χ4n) is 2.42. The zero-order chi connectivity index (χ0) is 14.8. The summed E-state index contributed by atoms with van der Waals surface area (Å²) in [7, 11) is 3.85. The topological polar surface area (TPSA) is 32.6 Å². The van der Waals surface area contributed by atoms with Gasteiger partial charge in [-0.1, -0.05) is 6.07 Å². The van der Waals surface area contributed by atoms with Crippen molar-refractivity contribution in [2.75, 3.05) is 19.0 Å². The van der Waals surface area contributed by atoms with Crippen LogP contribution in [0.3, 0.4) is 0 Å². The van der Waals surface area contributed by atoms with Crippen LogP contribution < -0.4 is 10.2 Å². The molecule has 5 heteroatoms. The maximum Gasteiger partial charge on any atom is 0.156 e. The predicted molar refractivity (Wildman–Crippen MR) is 82.4 cm³/mol. The first-order valence-electron chi connectivity index (χ1n) is 6.80. The minimum Gasteiger partial charge on any atom is -0.328 e. The summed E-state index contributed by atoms with van der Waals surface area (Å²) in [4.78, 5) is 6.66. The van der Waals surface area contributed by atoms with E-state index in [0.717, 1.165) is 22.8 Å². The van der Waals surface area contributed by atoms with Crippen LogP contribution >= 0.6 is 0 Å². The summed E-state index contributed by atoms with van der Waals surface area (Å²) in [6, 6.07) is 12.3. The van der Waals surface area contributed by atoms with Crippen LogP contribution in [0.5, 0.6) is 0 Å². The largest absolute Gasteiger partial charge is 0.328 e. The summed E-state index contributed by atoms with van der Waals surface area (Å²) in [5.41, 5.74) is 2.86. The second kappa shape index (κ2) is 5.54. The molecule has 0 bridgehead atoms. The molecular formula is C16H17FN4. The van der Waals surface area contributed by atoms with E-state index in [4.69, 9.17) is 0 Å². The summed E-state index contributed by atoms with van der Waals surface area (Å²) in [5.74, 6) is 0.625. The first kappa shape index (κ1) is 13.6. The Morgan fingerprint density at radius 2 is 1.95 bits per heavy atom. The van der Waals surface area contributed by atoms with Gasteiger partial charge in [0.1, 0.15) is 11.5 Å². The molecule has 21 heavy (non-hydrogen) atoms. The third-order valence-corrected chi connectivity index (χ3v) is 3.48. The molecule has 108 valence electrons. The van der Waals surface area contributed by atoms with Gasteiger partial charge in [-0.2, -0.15) is 0 Å². The molecule has 2 aromatic heterocycles. The van der Waals surface area contributed by atoms with Crippen molar-refractivity contribution >= 4 is 17.2 Å². The molecule has 0 saturated carbocycles. The Morgan fingerprint density at radius 3 is 2.67 bits per heavy atom. The number of imidazole rings is 1. The highest BCUT2D eigenvalue weighted by Crippen LogP contribution is 2.27. The van der Waals surface area contributed by atoms with Crippen molar-refractivity contribution in [1.82, 2.24) is 14.7 Å². The van der Waals surface area contributed by atoms with Crippen LogP contribution in [0.1, 0.15) is 5.69 Å². The van der Waals surface area contributed by atoms with Gasteiger partial charge in [-0.25, -0.2) is 9.37 Å². The van der Waals surface area contributed by atoms with E-state index >= 15 is 0 Å². The second-order valence-electron chi connectivity index (χ2n) is 4.88. The fraction of sp³-hybridized carbons (Fsp3) is 0.188. The van der Waals surface area contributed by atoms with Crippen molar-refractivity contribution in [3.63, 3.8) is 0 Å². The highest BCUT2D eigenvalue weighted by Gasteiger charge is 2.16. The van der Waals surface area contributed by atoms with Gasteiger partial charge >= 0.3 is 0 Å². The molecule has 0 amide bonds. The third-order valence-electron chi connectivity index (χ3n) is 3.48. The van der Waals surface area contributed by atoms with Crippen molar-refractivity contribution < 1.29 is 4.39 Å². The van der Waals surface area contributed by atoms with Crippen molar-refractivity contribution in [2.45, 2.75) is 6.54 Å². The summed E-state index contributed by atoms with van der Waals surface area (Å²) in [6.45, 7) is 0.700. The number of fused-ring (bicyclic) bond motifs is 1. The number of nitrogens with one attached hydrogen (secondary N) is 1. The van der Waals surface area contributed by atoms with Crippen molar-refractivity contribution in [1.29, 1.82) is 0 Å². The molecule has 0 radical (unpaired) electrons. The second-order valence-corrected chi connectivity index (χ2v) is 4.88. The van der Waals surface area contributed by atoms with Crippen molar-refractivity contribution in [3.05, 3.63) is 60.2 Å². The molecule has 0 aliphatic rings. The number of anilines is 2. The Hall–Kier alpha value is -2.40. The predicted octanol–water partition coefficient (Wildman–Crippen LogP) is 2.96. The van der Waals surface area contributed by atoms with Crippen LogP contribution in [0.2, 0.25) is 0 Å². The molecule has 0 saturated heterocycles. The van der Waals surface area contributed by atoms with Gasteiger partial charge in [0.25, 0.3) is 0 Å². The molecular weight excluding hydrogens is 267 g/mol. The SMILES string of the molecule is CNCc1c(N(C)c2ccc(F)cc2)nc2ccccn12. The smallest absolute Gasteiger partial charge is 0.156 e. The molecule has 3 rings (SSSR count). The molecule has 0 aliphatic carbocycles. The zero-order valence-electron chi connectivity index (χ0n) is 12.0. The van der Waals surface area contributed by atoms with Gasteiger partial charge in [-0.05, 0) is 43.4 Å². The van der Waals surface area contributed by atoms with E-state index in [0.29, 0.717) is 6.54 Å². The van der Waals surface area contributed by atoms with Crippen LogP contribution in [0.4, 0.5) is 15.9 Å². The van der Waals surface area contributed by atoms with Crippen LogP contribution in [0.25, 0.3) is 5.65 Å². The van der Waals surface area contributed by atoms with Gasteiger partial charge in [-0.15, -0.1) is 0 Å². The van der Waals surface area contributed by atoms with Crippen LogP contribution in [0.15, 0.2) is 48.7 Å². The average molecular weight is 284 g/mol. The lowest BCUT2D eigenvalue weighted by atomic mass is 10.2. The third kappa shape index (κ3) is 2.48. The van der Waals surface area contributed by atoms with Gasteiger partial charge in [0.2, 0.25) is 0 Å². The Balaban J connectivity index is 2.10. The van der Waals surface area contributed by atoms with Gasteiger partial charge in [0, 0.05) is 25.5 Å². The molecule has 0 spiro atoms. The number of benzene rings is 1. The van der Waals surface area contributed by atoms with Gasteiger partial charge in [0.05, 0.1) is 5.69 Å². The summed E-state index contributed by atoms with van der Waals surface area (Å²) < 4.78 is 15.1. The quantitative estimate of drug-likeness (QED) is 0.799. The van der Waals surface area contributed by atoms with E-state index in [1.165, 1.54) is 12.1 Å². The highest BCUT2D eigenvalue weighted by molar-refractivity contribution is 5.65. The molecule has 0 unspecified atom stereocenters. The van der Waals surface area contributed by atoms with Gasteiger partial charge in [0.15, 0.2) is 5.82 Å². The Bertz CT molecular complexity index is 749. The van der Waals surface area contributed by atoms with Crippen molar-refractivity contribution in [3.8, 4) is 0 Å². The van der Waals surface area contributed by atoms with Crippen LogP contribution in [-0.4, -0.2) is 23.5 Å². The molecule has 4 nitrogen and oxygen atoms in total. The van der Waals surface area contributed by atoms with E-state index < -0.39 is 0 Å². The average Bonchev–Trinajstić information content (AvgIpc) is 2.87. The minimum atomic E-state index is -0.238. The number of nitrogens with zero attached hydrogens (tertiary/aromatic N) is 3. The fourth-order valence-corrected chi connectivity index (χ4v) is 2.42. The molecule has 2 heterocycles.